The van der Waals surface area contributed by atoms with E-state index >= 15 is 0 Å². The Morgan fingerprint density at radius 1 is 0.571 bits per heavy atom. The molecular weight excluding hydrogens is 184 g/mol. The summed E-state index contributed by atoms with van der Waals surface area (Å²) in [5.74, 6) is 2.44. The van der Waals surface area contributed by atoms with Crippen molar-refractivity contribution in [2.45, 2.75) is 12.6 Å². The van der Waals surface area contributed by atoms with Gasteiger partial charge in [0.2, 0.25) is 0 Å². The van der Waals surface area contributed by atoms with Crippen molar-refractivity contribution in [2.24, 2.45) is 46.3 Å². The molecule has 0 amide bonds. The highest BCUT2D eigenvalue weighted by Crippen LogP contribution is 3.10. The zero-order valence-corrected chi connectivity index (χ0v) is 7.41. The molecule has 0 atom stereocenters. The van der Waals surface area contributed by atoms with E-state index in [2.05, 4.69) is 0 Å². The van der Waals surface area contributed by atoms with Crippen molar-refractivity contribution in [3.63, 3.8) is 0 Å². The van der Waals surface area contributed by atoms with Gasteiger partial charge < -0.3 is 20.4 Å². The normalized spacial score (nSPS) is 78.4. The third-order valence-corrected chi connectivity index (χ3v) is 6.68. The summed E-state index contributed by atoms with van der Waals surface area (Å²) in [7, 11) is 0. The van der Waals surface area contributed by atoms with Gasteiger partial charge >= 0.3 is 0 Å². The Balaban J connectivity index is 1.60. The fourth-order valence-electron chi connectivity index (χ4n) is 6.73. The third-order valence-electron chi connectivity index (χ3n) is 6.68. The molecule has 0 aromatic carbocycles. The number of hydrogen-bond acceptors (Lipinski definition) is 4. The summed E-state index contributed by atoms with van der Waals surface area (Å²) in [5, 5.41) is 37.4. The molecule has 4 heteroatoms. The highest BCUT2D eigenvalue weighted by atomic mass is 16.5. The molecule has 6 aliphatic carbocycles. The Morgan fingerprint density at radius 2 is 0.786 bits per heavy atom. The molecule has 0 aromatic heterocycles. The third kappa shape index (κ3) is 0.270. The Labute approximate surface area is 80.2 Å². The molecule has 4 N–H and O–H groups in total. The van der Waals surface area contributed by atoms with Crippen molar-refractivity contribution in [2.75, 3.05) is 0 Å². The molecule has 0 unspecified atom stereocenters. The van der Waals surface area contributed by atoms with Crippen LogP contribution in [0.4, 0.5) is 0 Å². The van der Waals surface area contributed by atoms with Gasteiger partial charge in [0, 0.05) is 10.8 Å². The minimum absolute atomic E-state index is 0.184. The largest absolute Gasteiger partial charge is 0.368 e. The van der Waals surface area contributed by atoms with Gasteiger partial charge in [0.15, 0.2) is 12.6 Å². The van der Waals surface area contributed by atoms with E-state index in [0.717, 1.165) is 0 Å². The first-order valence-electron chi connectivity index (χ1n) is 5.34. The van der Waals surface area contributed by atoms with Gasteiger partial charge in [-0.15, -0.1) is 0 Å². The maximum atomic E-state index is 9.36. The molecule has 6 rings (SSSR count). The Kier molecular flexibility index (Phi) is 0.718. The summed E-state index contributed by atoms with van der Waals surface area (Å²) in [5.41, 5.74) is -0.368. The van der Waals surface area contributed by atoms with Gasteiger partial charge in [0.25, 0.3) is 0 Å². The standard InChI is InChI=1S/C10H12O4/c11-7(12)9-1-2-4(9)6-5(9)3(1)10(2,6)8(13)14/h1-8,11-14H. The summed E-state index contributed by atoms with van der Waals surface area (Å²) in [6.45, 7) is 0. The van der Waals surface area contributed by atoms with Gasteiger partial charge in [0.05, 0.1) is 0 Å². The SMILES string of the molecule is OC(O)C12C3C4C1C1C2C3C41C(O)O. The topological polar surface area (TPSA) is 80.9 Å². The van der Waals surface area contributed by atoms with Crippen LogP contribution in [0.2, 0.25) is 0 Å². The number of aliphatic hydroxyl groups excluding tert-OH is 2. The molecule has 6 saturated carbocycles. The lowest BCUT2D eigenvalue weighted by Gasteiger charge is -3.11. The molecule has 0 heterocycles. The summed E-state index contributed by atoms with van der Waals surface area (Å²) >= 11 is 0. The first-order chi connectivity index (χ1) is 6.62. The first-order valence-corrected chi connectivity index (χ1v) is 5.34. The van der Waals surface area contributed by atoms with Gasteiger partial charge in [-0.05, 0) is 35.5 Å². The molecule has 6 aliphatic rings. The van der Waals surface area contributed by atoms with Crippen molar-refractivity contribution in [3.05, 3.63) is 0 Å². The van der Waals surface area contributed by atoms with Crippen LogP contribution in [0.3, 0.4) is 0 Å². The van der Waals surface area contributed by atoms with Crippen LogP contribution in [-0.4, -0.2) is 33.0 Å². The molecule has 4 nitrogen and oxygen atoms in total. The zero-order valence-electron chi connectivity index (χ0n) is 7.41. The lowest BCUT2D eigenvalue weighted by molar-refractivity contribution is -0.694. The fraction of sp³-hybridized carbons (Fsp3) is 1.00. The van der Waals surface area contributed by atoms with Crippen LogP contribution >= 0.6 is 0 Å². The Bertz CT molecular complexity index is 285. The molecular formula is C10H12O4. The van der Waals surface area contributed by atoms with E-state index in [9.17, 15) is 20.4 Å². The summed E-state index contributed by atoms with van der Waals surface area (Å²) in [6, 6.07) is 0. The maximum absolute atomic E-state index is 9.36. The van der Waals surface area contributed by atoms with Crippen molar-refractivity contribution in [3.8, 4) is 0 Å². The van der Waals surface area contributed by atoms with Gasteiger partial charge in [0.1, 0.15) is 0 Å². The summed E-state index contributed by atoms with van der Waals surface area (Å²) < 4.78 is 0. The summed E-state index contributed by atoms with van der Waals surface area (Å²) in [4.78, 5) is 0. The van der Waals surface area contributed by atoms with E-state index in [1.807, 2.05) is 0 Å². The van der Waals surface area contributed by atoms with Crippen molar-refractivity contribution in [1.29, 1.82) is 0 Å². The zero-order chi connectivity index (χ0) is 9.62. The number of hydrogen-bond donors (Lipinski definition) is 4. The molecule has 0 spiro atoms. The second-order valence-corrected chi connectivity index (χ2v) is 5.90. The molecule has 14 heavy (non-hydrogen) atoms. The van der Waals surface area contributed by atoms with Crippen molar-refractivity contribution in [1.82, 2.24) is 0 Å². The average Bonchev–Trinajstić information content (AvgIpc) is 2.16. The quantitative estimate of drug-likeness (QED) is 0.399. The Hall–Kier alpha value is -0.160. The monoisotopic (exact) mass is 196 g/mol. The van der Waals surface area contributed by atoms with E-state index in [4.69, 9.17) is 0 Å². The van der Waals surface area contributed by atoms with Crippen molar-refractivity contribution >= 4 is 0 Å². The predicted molar refractivity (Wildman–Crippen MR) is 42.3 cm³/mol. The number of rotatable bonds is 2. The fourth-order valence-corrected chi connectivity index (χ4v) is 6.73. The molecule has 0 aromatic rings. The van der Waals surface area contributed by atoms with Gasteiger partial charge in [-0.25, -0.2) is 0 Å². The lowest BCUT2D eigenvalue weighted by atomic mass is 8.92. The Morgan fingerprint density at radius 3 is 0.929 bits per heavy atom. The highest BCUT2D eigenvalue weighted by Gasteiger charge is 3.11. The molecule has 6 fully saturated rings. The van der Waals surface area contributed by atoms with Gasteiger partial charge in [-0.1, -0.05) is 0 Å². The molecule has 0 bridgehead atoms. The van der Waals surface area contributed by atoms with Gasteiger partial charge in [-0.2, -0.15) is 0 Å². The molecule has 0 saturated heterocycles. The second kappa shape index (κ2) is 1.40. The minimum atomic E-state index is -1.17. The molecule has 0 radical (unpaired) electrons. The van der Waals surface area contributed by atoms with Crippen LogP contribution in [0, 0.1) is 46.3 Å². The van der Waals surface area contributed by atoms with E-state index in [1.54, 1.807) is 0 Å². The van der Waals surface area contributed by atoms with E-state index in [1.165, 1.54) is 0 Å². The average molecular weight is 196 g/mol. The van der Waals surface area contributed by atoms with Crippen LogP contribution in [0.1, 0.15) is 0 Å². The summed E-state index contributed by atoms with van der Waals surface area (Å²) in [6.07, 6.45) is -2.33. The van der Waals surface area contributed by atoms with E-state index in [-0.39, 0.29) is 10.8 Å². The van der Waals surface area contributed by atoms with Crippen molar-refractivity contribution < 1.29 is 20.4 Å². The maximum Gasteiger partial charge on any atom is 0.157 e. The van der Waals surface area contributed by atoms with Crippen LogP contribution in [-0.2, 0) is 0 Å². The first kappa shape index (κ1) is 7.17. The van der Waals surface area contributed by atoms with Crippen LogP contribution < -0.4 is 0 Å². The minimum Gasteiger partial charge on any atom is -0.368 e. The van der Waals surface area contributed by atoms with Crippen LogP contribution in [0.15, 0.2) is 0 Å². The predicted octanol–water partition coefficient (Wildman–Crippen LogP) is -1.65. The second-order valence-electron chi connectivity index (χ2n) is 5.90. The van der Waals surface area contributed by atoms with E-state index in [0.29, 0.717) is 35.5 Å². The number of aliphatic hydroxyl groups is 4. The van der Waals surface area contributed by atoms with E-state index < -0.39 is 12.6 Å². The molecule has 76 valence electrons. The molecule has 0 aliphatic heterocycles. The highest BCUT2D eigenvalue weighted by molar-refractivity contribution is 5.55. The van der Waals surface area contributed by atoms with Crippen LogP contribution in [0.5, 0.6) is 0 Å². The smallest absolute Gasteiger partial charge is 0.157 e. The van der Waals surface area contributed by atoms with Gasteiger partial charge in [-0.3, -0.25) is 0 Å². The van der Waals surface area contributed by atoms with Crippen LogP contribution in [0.25, 0.3) is 0 Å². The lowest BCUT2D eigenvalue weighted by Crippen LogP contribution is -3.12.